The molecule has 1 unspecified atom stereocenters. The van der Waals surface area contributed by atoms with Gasteiger partial charge in [-0.25, -0.2) is 4.68 Å². The van der Waals surface area contributed by atoms with Crippen LogP contribution in [0.15, 0.2) is 6.20 Å². The van der Waals surface area contributed by atoms with Crippen molar-refractivity contribution in [2.24, 2.45) is 5.41 Å². The van der Waals surface area contributed by atoms with E-state index in [-0.39, 0.29) is 5.91 Å². The average Bonchev–Trinajstić information content (AvgIpc) is 3.01. The van der Waals surface area contributed by atoms with Crippen LogP contribution in [-0.4, -0.2) is 40.2 Å². The van der Waals surface area contributed by atoms with E-state index in [1.165, 1.54) is 32.1 Å². The summed E-state index contributed by atoms with van der Waals surface area (Å²) >= 11 is 0. The molecular weight excluding hydrogens is 280 g/mol. The van der Waals surface area contributed by atoms with E-state index in [4.69, 9.17) is 4.74 Å². The van der Waals surface area contributed by atoms with E-state index < -0.39 is 0 Å². The summed E-state index contributed by atoms with van der Waals surface area (Å²) in [4.78, 5) is 12.4. The Morgan fingerprint density at radius 3 is 2.82 bits per heavy atom. The largest absolute Gasteiger partial charge is 0.381 e. The lowest BCUT2D eigenvalue weighted by molar-refractivity contribution is 0.0657. The van der Waals surface area contributed by atoms with E-state index in [0.29, 0.717) is 23.2 Å². The van der Waals surface area contributed by atoms with Gasteiger partial charge < -0.3 is 10.1 Å². The standard InChI is InChI=1S/C16H24N4O2/c21-15(17-14-10-16(14)6-2-1-3-7-16)13-11-20(19-18-13)12-4-8-22-9-5-12/h11-12,14H,1-10H2,(H,17,21). The number of nitrogens with one attached hydrogen (secondary N) is 1. The van der Waals surface area contributed by atoms with E-state index in [0.717, 1.165) is 32.5 Å². The predicted molar refractivity (Wildman–Crippen MR) is 80.5 cm³/mol. The molecule has 4 rings (SSSR count). The van der Waals surface area contributed by atoms with Crippen LogP contribution in [0, 0.1) is 5.41 Å². The lowest BCUT2D eigenvalue weighted by Gasteiger charge is -2.22. The highest BCUT2D eigenvalue weighted by Gasteiger charge is 2.54. The van der Waals surface area contributed by atoms with Gasteiger partial charge in [-0.15, -0.1) is 5.10 Å². The Balaban J connectivity index is 1.36. The second-order valence-electron chi connectivity index (χ2n) is 7.08. The topological polar surface area (TPSA) is 69.0 Å². The lowest BCUT2D eigenvalue weighted by atomic mass is 9.86. The summed E-state index contributed by atoms with van der Waals surface area (Å²) in [5, 5.41) is 11.4. The number of amides is 1. The molecule has 6 nitrogen and oxygen atoms in total. The molecule has 0 aromatic carbocycles. The molecular formula is C16H24N4O2. The molecule has 0 radical (unpaired) electrons. The van der Waals surface area contributed by atoms with Crippen LogP contribution in [0.1, 0.15) is 67.9 Å². The van der Waals surface area contributed by atoms with Crippen LogP contribution in [0.2, 0.25) is 0 Å². The average molecular weight is 304 g/mol. The zero-order chi connectivity index (χ0) is 15.0. The van der Waals surface area contributed by atoms with Gasteiger partial charge in [-0.1, -0.05) is 24.5 Å². The third-order valence-electron chi connectivity index (χ3n) is 5.65. The van der Waals surface area contributed by atoms with Crippen molar-refractivity contribution in [3.05, 3.63) is 11.9 Å². The van der Waals surface area contributed by atoms with E-state index in [9.17, 15) is 4.79 Å². The molecule has 3 aliphatic rings. The second kappa shape index (κ2) is 5.65. The van der Waals surface area contributed by atoms with Gasteiger partial charge in [0.1, 0.15) is 0 Å². The number of hydrogen-bond acceptors (Lipinski definition) is 4. The van der Waals surface area contributed by atoms with Crippen molar-refractivity contribution < 1.29 is 9.53 Å². The van der Waals surface area contributed by atoms with Gasteiger partial charge >= 0.3 is 0 Å². The van der Waals surface area contributed by atoms with Crippen LogP contribution in [0.25, 0.3) is 0 Å². The Labute approximate surface area is 130 Å². The summed E-state index contributed by atoms with van der Waals surface area (Å²) in [6.07, 6.45) is 11.3. The minimum absolute atomic E-state index is 0.0641. The molecule has 1 aromatic heterocycles. The van der Waals surface area contributed by atoms with Gasteiger partial charge in [0, 0.05) is 19.3 Å². The molecule has 1 N–H and O–H groups in total. The maximum absolute atomic E-state index is 12.4. The van der Waals surface area contributed by atoms with Crippen molar-refractivity contribution in [1.29, 1.82) is 0 Å². The molecule has 2 saturated carbocycles. The van der Waals surface area contributed by atoms with Gasteiger partial charge in [-0.2, -0.15) is 0 Å². The molecule has 120 valence electrons. The molecule has 6 heteroatoms. The molecule has 2 heterocycles. The van der Waals surface area contributed by atoms with Crippen LogP contribution in [0.5, 0.6) is 0 Å². The quantitative estimate of drug-likeness (QED) is 0.928. The summed E-state index contributed by atoms with van der Waals surface area (Å²) in [6, 6.07) is 0.668. The molecule has 1 atom stereocenters. The highest BCUT2D eigenvalue weighted by Crippen LogP contribution is 2.56. The van der Waals surface area contributed by atoms with E-state index in [2.05, 4.69) is 15.6 Å². The molecule has 2 aliphatic carbocycles. The number of carbonyl (C=O) groups is 1. The first-order valence-corrected chi connectivity index (χ1v) is 8.57. The second-order valence-corrected chi connectivity index (χ2v) is 7.08. The molecule has 22 heavy (non-hydrogen) atoms. The molecule has 1 aliphatic heterocycles. The van der Waals surface area contributed by atoms with Gasteiger partial charge in [0.05, 0.1) is 12.2 Å². The van der Waals surface area contributed by atoms with Crippen molar-refractivity contribution >= 4 is 5.91 Å². The van der Waals surface area contributed by atoms with Crippen molar-refractivity contribution in [2.75, 3.05) is 13.2 Å². The Hall–Kier alpha value is -1.43. The third-order valence-corrected chi connectivity index (χ3v) is 5.65. The van der Waals surface area contributed by atoms with Crippen molar-refractivity contribution in [3.63, 3.8) is 0 Å². The Morgan fingerprint density at radius 1 is 1.27 bits per heavy atom. The predicted octanol–water partition coefficient (Wildman–Crippen LogP) is 2.08. The fourth-order valence-electron chi connectivity index (χ4n) is 4.10. The minimum Gasteiger partial charge on any atom is -0.381 e. The molecule has 1 spiro atoms. The first kappa shape index (κ1) is 14.2. The van der Waals surface area contributed by atoms with Crippen LogP contribution in [-0.2, 0) is 4.74 Å². The van der Waals surface area contributed by atoms with Crippen molar-refractivity contribution in [1.82, 2.24) is 20.3 Å². The van der Waals surface area contributed by atoms with Gasteiger partial charge in [-0.3, -0.25) is 4.79 Å². The monoisotopic (exact) mass is 304 g/mol. The Kier molecular flexibility index (Phi) is 3.64. The van der Waals surface area contributed by atoms with Crippen LogP contribution >= 0.6 is 0 Å². The van der Waals surface area contributed by atoms with E-state index in [1.807, 2.05) is 4.68 Å². The van der Waals surface area contributed by atoms with Crippen LogP contribution < -0.4 is 5.32 Å². The molecule has 1 amide bonds. The normalized spacial score (nSPS) is 27.7. The molecule has 3 fully saturated rings. The maximum atomic E-state index is 12.4. The molecule has 1 saturated heterocycles. The number of carbonyl (C=O) groups excluding carboxylic acids is 1. The van der Waals surface area contributed by atoms with Crippen LogP contribution in [0.3, 0.4) is 0 Å². The fourth-order valence-corrected chi connectivity index (χ4v) is 4.10. The summed E-state index contributed by atoms with van der Waals surface area (Å²) in [5.74, 6) is -0.0641. The third kappa shape index (κ3) is 2.64. The molecule has 1 aromatic rings. The van der Waals surface area contributed by atoms with Crippen LogP contribution in [0.4, 0.5) is 0 Å². The lowest BCUT2D eigenvalue weighted by Crippen LogP contribution is -2.30. The maximum Gasteiger partial charge on any atom is 0.273 e. The number of ether oxygens (including phenoxy) is 1. The first-order valence-electron chi connectivity index (χ1n) is 8.57. The Bertz CT molecular complexity index is 544. The van der Waals surface area contributed by atoms with Gasteiger partial charge in [-0.05, 0) is 37.5 Å². The zero-order valence-corrected chi connectivity index (χ0v) is 13.0. The van der Waals surface area contributed by atoms with E-state index >= 15 is 0 Å². The zero-order valence-electron chi connectivity index (χ0n) is 13.0. The van der Waals surface area contributed by atoms with Crippen molar-refractivity contribution in [2.45, 2.75) is 63.5 Å². The number of nitrogens with zero attached hydrogens (tertiary/aromatic N) is 3. The van der Waals surface area contributed by atoms with Gasteiger partial charge in [0.15, 0.2) is 5.69 Å². The first-order chi connectivity index (χ1) is 10.8. The minimum atomic E-state index is -0.0641. The summed E-state index contributed by atoms with van der Waals surface area (Å²) in [6.45, 7) is 1.52. The van der Waals surface area contributed by atoms with E-state index in [1.54, 1.807) is 6.20 Å². The fraction of sp³-hybridized carbons (Fsp3) is 0.812. The van der Waals surface area contributed by atoms with Gasteiger partial charge in [0.2, 0.25) is 0 Å². The SMILES string of the molecule is O=C(NC1CC12CCCCC2)c1cn(C2CCOCC2)nn1. The molecule has 0 bridgehead atoms. The highest BCUT2D eigenvalue weighted by atomic mass is 16.5. The smallest absolute Gasteiger partial charge is 0.273 e. The van der Waals surface area contributed by atoms with Crippen molar-refractivity contribution in [3.8, 4) is 0 Å². The Morgan fingerprint density at radius 2 is 2.05 bits per heavy atom. The number of aromatic nitrogens is 3. The summed E-state index contributed by atoms with van der Waals surface area (Å²) in [7, 11) is 0. The highest BCUT2D eigenvalue weighted by molar-refractivity contribution is 5.92. The van der Waals surface area contributed by atoms with Gasteiger partial charge in [0.25, 0.3) is 5.91 Å². The summed E-state index contributed by atoms with van der Waals surface area (Å²) in [5.41, 5.74) is 0.856. The summed E-state index contributed by atoms with van der Waals surface area (Å²) < 4.78 is 7.19. The number of hydrogen-bond donors (Lipinski definition) is 1. The number of rotatable bonds is 3.